The van der Waals surface area contributed by atoms with Crippen LogP contribution in [0.1, 0.15) is 6.42 Å². The quantitative estimate of drug-likeness (QED) is 0.608. The van der Waals surface area contributed by atoms with Gasteiger partial charge in [0.2, 0.25) is 0 Å². The van der Waals surface area contributed by atoms with Crippen LogP contribution in [0.5, 0.6) is 0 Å². The van der Waals surface area contributed by atoms with Crippen molar-refractivity contribution in [2.24, 2.45) is 5.73 Å². The van der Waals surface area contributed by atoms with Crippen LogP contribution in [0.4, 0.5) is 0 Å². The zero-order valence-electron chi connectivity index (χ0n) is 8.22. The van der Waals surface area contributed by atoms with Crippen LogP contribution in [0.25, 0.3) is 0 Å². The molecule has 3 N–H and O–H groups in total. The number of nitrogens with two attached hydrogens (primary N) is 1. The minimum atomic E-state index is 0.863. The van der Waals surface area contributed by atoms with Crippen LogP contribution < -0.4 is 11.1 Å². The Hall–Kier alpha value is -1.28. The van der Waals surface area contributed by atoms with Crippen LogP contribution in [0.3, 0.4) is 0 Å². The monoisotopic (exact) mass is 178 g/mol. The molecule has 2 nitrogen and oxygen atoms in total. The van der Waals surface area contributed by atoms with E-state index in [9.17, 15) is 0 Å². The third-order valence-electron chi connectivity index (χ3n) is 1.55. The topological polar surface area (TPSA) is 38.0 Å². The lowest BCUT2D eigenvalue weighted by Crippen LogP contribution is -2.11. The number of hydrogen-bond donors (Lipinski definition) is 2. The highest BCUT2D eigenvalue weighted by Gasteiger charge is 1.85. The summed E-state index contributed by atoms with van der Waals surface area (Å²) in [6.45, 7) is 8.24. The fourth-order valence-corrected chi connectivity index (χ4v) is 0.716. The molecule has 0 radical (unpaired) electrons. The van der Waals surface area contributed by atoms with Gasteiger partial charge in [-0.25, -0.2) is 0 Å². The summed E-state index contributed by atoms with van der Waals surface area (Å²) in [7, 11) is 1.91. The van der Waals surface area contributed by atoms with E-state index < -0.39 is 0 Å². The van der Waals surface area contributed by atoms with Crippen molar-refractivity contribution in [3.63, 3.8) is 0 Å². The van der Waals surface area contributed by atoms with Gasteiger partial charge in [-0.2, -0.15) is 0 Å². The normalized spacial score (nSPS) is 11.9. The van der Waals surface area contributed by atoms with E-state index in [1.807, 2.05) is 25.3 Å². The van der Waals surface area contributed by atoms with Crippen LogP contribution in [0, 0.1) is 0 Å². The largest absolute Gasteiger partial charge is 0.402 e. The molecule has 72 valence electrons. The Morgan fingerprint density at radius 2 is 2.23 bits per heavy atom. The molecule has 0 heterocycles. The molecule has 0 spiro atoms. The third-order valence-corrected chi connectivity index (χ3v) is 1.55. The zero-order valence-corrected chi connectivity index (χ0v) is 8.22. The zero-order chi connectivity index (χ0) is 10.1. The van der Waals surface area contributed by atoms with Gasteiger partial charge in [-0.05, 0) is 25.1 Å². The SMILES string of the molecule is C=CC(=C)/C=C\C=C(\N)CCNC. The molecule has 0 aliphatic heterocycles. The number of allylic oxidation sites excluding steroid dienone is 5. The van der Waals surface area contributed by atoms with Gasteiger partial charge in [-0.1, -0.05) is 31.4 Å². The van der Waals surface area contributed by atoms with Crippen molar-refractivity contribution in [3.8, 4) is 0 Å². The van der Waals surface area contributed by atoms with Gasteiger partial charge in [0.1, 0.15) is 0 Å². The van der Waals surface area contributed by atoms with Crippen molar-refractivity contribution in [1.82, 2.24) is 5.32 Å². The Bertz CT molecular complexity index is 224. The first kappa shape index (κ1) is 11.7. The lowest BCUT2D eigenvalue weighted by Gasteiger charge is -1.97. The summed E-state index contributed by atoms with van der Waals surface area (Å²) in [6, 6.07) is 0. The highest BCUT2D eigenvalue weighted by molar-refractivity contribution is 5.28. The first-order valence-corrected chi connectivity index (χ1v) is 4.29. The van der Waals surface area contributed by atoms with Gasteiger partial charge in [-0.15, -0.1) is 0 Å². The summed E-state index contributed by atoms with van der Waals surface area (Å²) in [6.07, 6.45) is 8.20. The summed E-state index contributed by atoms with van der Waals surface area (Å²) in [5, 5.41) is 3.03. The molecule has 0 aromatic rings. The molecule has 0 aliphatic rings. The smallest absolute Gasteiger partial charge is 0.00932 e. The molecule has 13 heavy (non-hydrogen) atoms. The Kier molecular flexibility index (Phi) is 6.65. The minimum absolute atomic E-state index is 0.863. The number of hydrogen-bond acceptors (Lipinski definition) is 2. The van der Waals surface area contributed by atoms with Crippen molar-refractivity contribution in [1.29, 1.82) is 0 Å². The summed E-state index contributed by atoms with van der Waals surface area (Å²) in [5.41, 5.74) is 7.45. The van der Waals surface area contributed by atoms with Gasteiger partial charge >= 0.3 is 0 Å². The average molecular weight is 178 g/mol. The second-order valence-electron chi connectivity index (χ2n) is 2.73. The van der Waals surface area contributed by atoms with E-state index in [2.05, 4.69) is 18.5 Å². The standard InChI is InChI=1S/C11H18N2/c1-4-10(2)6-5-7-11(12)8-9-13-3/h4-7,13H,1-2,8-9,12H2,3H3/b6-5-,11-7+. The summed E-state index contributed by atoms with van der Waals surface area (Å²) in [4.78, 5) is 0. The highest BCUT2D eigenvalue weighted by atomic mass is 14.8. The second-order valence-corrected chi connectivity index (χ2v) is 2.73. The third kappa shape index (κ3) is 7.09. The van der Waals surface area contributed by atoms with Gasteiger partial charge in [0.05, 0.1) is 0 Å². The van der Waals surface area contributed by atoms with E-state index in [4.69, 9.17) is 5.73 Å². The van der Waals surface area contributed by atoms with Crippen LogP contribution in [0.2, 0.25) is 0 Å². The van der Waals surface area contributed by atoms with E-state index >= 15 is 0 Å². The minimum Gasteiger partial charge on any atom is -0.402 e. The van der Waals surface area contributed by atoms with Crippen molar-refractivity contribution < 1.29 is 0 Å². The van der Waals surface area contributed by atoms with Crippen molar-refractivity contribution in [2.45, 2.75) is 6.42 Å². The molecule has 0 aromatic carbocycles. The molecule has 0 amide bonds. The lowest BCUT2D eigenvalue weighted by molar-refractivity contribution is 0.780. The molecule has 0 bridgehead atoms. The molecule has 0 unspecified atom stereocenters. The maximum absolute atomic E-state index is 5.70. The Balaban J connectivity index is 3.87. The van der Waals surface area contributed by atoms with Gasteiger partial charge in [0, 0.05) is 12.2 Å². The van der Waals surface area contributed by atoms with Gasteiger partial charge in [-0.3, -0.25) is 0 Å². The van der Waals surface area contributed by atoms with Crippen molar-refractivity contribution in [3.05, 3.63) is 48.7 Å². The Morgan fingerprint density at radius 3 is 2.77 bits per heavy atom. The maximum atomic E-state index is 5.70. The molecule has 0 aliphatic carbocycles. The molecular formula is C11H18N2. The first-order valence-electron chi connectivity index (χ1n) is 4.29. The lowest BCUT2D eigenvalue weighted by atomic mass is 10.2. The fraction of sp³-hybridized carbons (Fsp3) is 0.273. The molecule has 0 aromatic heterocycles. The Morgan fingerprint density at radius 1 is 1.54 bits per heavy atom. The van der Waals surface area contributed by atoms with E-state index in [1.54, 1.807) is 6.08 Å². The van der Waals surface area contributed by atoms with Crippen LogP contribution in [-0.4, -0.2) is 13.6 Å². The predicted octanol–water partition coefficient (Wildman–Crippen LogP) is 1.74. The van der Waals surface area contributed by atoms with Gasteiger partial charge in [0.25, 0.3) is 0 Å². The molecule has 0 saturated carbocycles. The maximum Gasteiger partial charge on any atom is 0.00932 e. The highest BCUT2D eigenvalue weighted by Crippen LogP contribution is 1.96. The summed E-state index contributed by atoms with van der Waals surface area (Å²) >= 11 is 0. The molecular weight excluding hydrogens is 160 g/mol. The van der Waals surface area contributed by atoms with E-state index in [-0.39, 0.29) is 0 Å². The number of rotatable bonds is 6. The van der Waals surface area contributed by atoms with Gasteiger partial charge < -0.3 is 11.1 Å². The van der Waals surface area contributed by atoms with Crippen LogP contribution >= 0.6 is 0 Å². The van der Waals surface area contributed by atoms with E-state index in [0.29, 0.717) is 0 Å². The van der Waals surface area contributed by atoms with Crippen LogP contribution in [0.15, 0.2) is 48.7 Å². The van der Waals surface area contributed by atoms with E-state index in [0.717, 1.165) is 24.2 Å². The molecule has 0 atom stereocenters. The van der Waals surface area contributed by atoms with Crippen LogP contribution in [-0.2, 0) is 0 Å². The predicted molar refractivity (Wildman–Crippen MR) is 59.3 cm³/mol. The van der Waals surface area contributed by atoms with Crippen molar-refractivity contribution >= 4 is 0 Å². The molecule has 0 fully saturated rings. The summed E-state index contributed by atoms with van der Waals surface area (Å²) < 4.78 is 0. The van der Waals surface area contributed by atoms with Crippen molar-refractivity contribution in [2.75, 3.05) is 13.6 Å². The molecule has 2 heteroatoms. The van der Waals surface area contributed by atoms with Gasteiger partial charge in [0.15, 0.2) is 0 Å². The number of nitrogens with one attached hydrogen (secondary N) is 1. The second kappa shape index (κ2) is 7.37. The Labute approximate surface area is 80.5 Å². The molecule has 0 saturated heterocycles. The fourth-order valence-electron chi connectivity index (χ4n) is 0.716. The average Bonchev–Trinajstić information content (AvgIpc) is 2.14. The van der Waals surface area contributed by atoms with E-state index in [1.165, 1.54) is 0 Å². The summed E-state index contributed by atoms with van der Waals surface area (Å²) in [5.74, 6) is 0. The first-order chi connectivity index (χ1) is 6.20. The molecule has 0 rings (SSSR count).